The molecule has 0 saturated carbocycles. The number of fused-ring (bicyclic) bond motifs is 1. The minimum atomic E-state index is -0.488. The standard InChI is InChI=1S/C22H16N3O3.BrH/c26-22(17-7-9-20(10-8-17)25(27)28)14-24-12-11-21(23-15-24)19-6-5-16-3-1-2-4-18(16)13-19;/h1-13,15H,14H2;1H/q+1;/p-1. The first-order chi connectivity index (χ1) is 13.6. The number of aromatic nitrogens is 2. The van der Waals surface area contributed by atoms with E-state index in [4.69, 9.17) is 0 Å². The smallest absolute Gasteiger partial charge is 0.287 e. The zero-order valence-corrected chi connectivity index (χ0v) is 16.8. The maximum atomic E-state index is 12.4. The highest BCUT2D eigenvalue weighted by molar-refractivity contribution is 5.95. The molecule has 0 saturated heterocycles. The number of hydrogen-bond donors (Lipinski definition) is 0. The van der Waals surface area contributed by atoms with Crippen LogP contribution in [0.2, 0.25) is 0 Å². The van der Waals surface area contributed by atoms with Crippen LogP contribution in [-0.2, 0) is 6.54 Å². The van der Waals surface area contributed by atoms with Gasteiger partial charge in [-0.25, -0.2) is 4.57 Å². The molecule has 0 N–H and O–H groups in total. The van der Waals surface area contributed by atoms with E-state index >= 15 is 0 Å². The minimum absolute atomic E-state index is 0. The molecule has 4 aromatic rings. The number of benzene rings is 3. The van der Waals surface area contributed by atoms with E-state index in [0.29, 0.717) is 5.56 Å². The second-order valence-corrected chi connectivity index (χ2v) is 6.41. The van der Waals surface area contributed by atoms with Crippen LogP contribution >= 0.6 is 0 Å². The van der Waals surface area contributed by atoms with E-state index in [1.54, 1.807) is 17.1 Å². The van der Waals surface area contributed by atoms with Crippen molar-refractivity contribution >= 4 is 22.2 Å². The molecule has 0 bridgehead atoms. The maximum Gasteiger partial charge on any atom is 0.287 e. The third-order valence-corrected chi connectivity index (χ3v) is 4.54. The molecule has 0 aliphatic heterocycles. The van der Waals surface area contributed by atoms with Gasteiger partial charge in [-0.15, -0.1) is 0 Å². The minimum Gasteiger partial charge on any atom is -1.00 e. The molecule has 0 aliphatic carbocycles. The molecule has 0 atom stereocenters. The predicted octanol–water partition coefficient (Wildman–Crippen LogP) is 0.984. The van der Waals surface area contributed by atoms with Crippen LogP contribution in [0, 0.1) is 10.1 Å². The molecule has 144 valence electrons. The van der Waals surface area contributed by atoms with Gasteiger partial charge in [0, 0.05) is 29.3 Å². The van der Waals surface area contributed by atoms with Crippen LogP contribution in [0.1, 0.15) is 10.4 Å². The van der Waals surface area contributed by atoms with Crippen molar-refractivity contribution in [2.24, 2.45) is 0 Å². The predicted molar refractivity (Wildman–Crippen MR) is 105 cm³/mol. The Morgan fingerprint density at radius 3 is 2.34 bits per heavy atom. The van der Waals surface area contributed by atoms with Crippen LogP contribution in [0.25, 0.3) is 22.0 Å². The molecule has 0 radical (unpaired) electrons. The van der Waals surface area contributed by atoms with Gasteiger partial charge >= 0.3 is 0 Å². The fraction of sp³-hybridized carbons (Fsp3) is 0.0455. The summed E-state index contributed by atoms with van der Waals surface area (Å²) in [6.45, 7) is 0.114. The van der Waals surface area contributed by atoms with Gasteiger partial charge in [0.1, 0.15) is 0 Å². The number of nitro groups is 1. The van der Waals surface area contributed by atoms with E-state index in [2.05, 4.69) is 29.2 Å². The first-order valence-corrected chi connectivity index (χ1v) is 8.72. The van der Waals surface area contributed by atoms with Gasteiger partial charge in [0.05, 0.1) is 11.1 Å². The number of ketones is 1. The Bertz CT molecular complexity index is 1180. The molecule has 1 aromatic heterocycles. The SMILES string of the molecule is O=C(C[n+]1ccc(-c2ccc3ccccc3c2)nc1)c1ccc([N+](=O)[O-])cc1.[Br-]. The number of nitrogens with zero attached hydrogens (tertiary/aromatic N) is 3. The Labute approximate surface area is 177 Å². The molecule has 0 amide bonds. The Kier molecular flexibility index (Phi) is 6.09. The summed E-state index contributed by atoms with van der Waals surface area (Å²) in [6.07, 6.45) is 3.43. The van der Waals surface area contributed by atoms with Crippen LogP contribution in [0.3, 0.4) is 0 Å². The van der Waals surface area contributed by atoms with Gasteiger partial charge in [0.25, 0.3) is 12.0 Å². The van der Waals surface area contributed by atoms with Crippen molar-refractivity contribution in [3.05, 3.63) is 101 Å². The normalized spacial score (nSPS) is 10.3. The molecule has 0 spiro atoms. The van der Waals surface area contributed by atoms with E-state index in [1.807, 2.05) is 24.3 Å². The summed E-state index contributed by atoms with van der Waals surface area (Å²) in [6, 6.07) is 21.8. The van der Waals surface area contributed by atoms with E-state index in [-0.39, 0.29) is 35.0 Å². The lowest BCUT2D eigenvalue weighted by Crippen LogP contribution is -3.00. The Morgan fingerprint density at radius 2 is 1.69 bits per heavy atom. The van der Waals surface area contributed by atoms with Crippen LogP contribution in [0.4, 0.5) is 5.69 Å². The average Bonchev–Trinajstić information content (AvgIpc) is 2.74. The maximum absolute atomic E-state index is 12.4. The van der Waals surface area contributed by atoms with E-state index in [9.17, 15) is 14.9 Å². The number of hydrogen-bond acceptors (Lipinski definition) is 4. The molecule has 6 nitrogen and oxygen atoms in total. The van der Waals surface area contributed by atoms with Crippen molar-refractivity contribution in [3.63, 3.8) is 0 Å². The van der Waals surface area contributed by atoms with Gasteiger partial charge in [-0.05, 0) is 40.0 Å². The molecule has 4 rings (SSSR count). The van der Waals surface area contributed by atoms with Gasteiger partial charge in [-0.1, -0.05) is 30.3 Å². The molecule has 1 heterocycles. The first kappa shape index (κ1) is 20.3. The number of nitro benzene ring substituents is 1. The summed E-state index contributed by atoms with van der Waals surface area (Å²) in [4.78, 5) is 27.1. The molecule has 0 fully saturated rings. The van der Waals surface area contributed by atoms with Gasteiger partial charge < -0.3 is 17.0 Å². The Morgan fingerprint density at radius 1 is 0.966 bits per heavy atom. The summed E-state index contributed by atoms with van der Waals surface area (Å²) >= 11 is 0. The largest absolute Gasteiger partial charge is 1.00 e. The average molecular weight is 450 g/mol. The number of rotatable bonds is 5. The zero-order valence-electron chi connectivity index (χ0n) is 15.2. The summed E-state index contributed by atoms with van der Waals surface area (Å²) in [7, 11) is 0. The number of halogens is 1. The topological polar surface area (TPSA) is 77.0 Å². The van der Waals surface area contributed by atoms with Crippen LogP contribution in [-0.4, -0.2) is 15.7 Å². The fourth-order valence-corrected chi connectivity index (χ4v) is 3.02. The molecule has 7 heteroatoms. The molecular weight excluding hydrogens is 434 g/mol. The van der Waals surface area contributed by atoms with Gasteiger partial charge in [0.15, 0.2) is 12.2 Å². The quantitative estimate of drug-likeness (QED) is 0.197. The van der Waals surface area contributed by atoms with Crippen LogP contribution < -0.4 is 21.5 Å². The molecule has 0 unspecified atom stereocenters. The monoisotopic (exact) mass is 449 g/mol. The zero-order chi connectivity index (χ0) is 19.5. The van der Waals surface area contributed by atoms with E-state index < -0.39 is 4.92 Å². The lowest BCUT2D eigenvalue weighted by Gasteiger charge is -2.02. The van der Waals surface area contributed by atoms with Gasteiger partial charge in [0.2, 0.25) is 5.78 Å². The molecule has 0 aliphatic rings. The van der Waals surface area contributed by atoms with Crippen molar-refractivity contribution in [1.82, 2.24) is 4.98 Å². The third kappa shape index (κ3) is 4.52. The molecular formula is C22H16BrN3O3. The summed E-state index contributed by atoms with van der Waals surface area (Å²) in [5.74, 6) is -0.139. The lowest BCUT2D eigenvalue weighted by molar-refractivity contribution is -0.686. The number of non-ortho nitro benzene ring substituents is 1. The number of Topliss-reactive ketones (excluding diaryl/α,β-unsaturated/α-hetero) is 1. The van der Waals surface area contributed by atoms with E-state index in [1.165, 1.54) is 29.7 Å². The van der Waals surface area contributed by atoms with Gasteiger partial charge in [-0.2, -0.15) is 0 Å². The summed E-state index contributed by atoms with van der Waals surface area (Å²) < 4.78 is 1.69. The molecule has 29 heavy (non-hydrogen) atoms. The Hall–Kier alpha value is -3.45. The van der Waals surface area contributed by atoms with Crippen molar-refractivity contribution in [1.29, 1.82) is 0 Å². The van der Waals surface area contributed by atoms with Crippen molar-refractivity contribution in [2.45, 2.75) is 6.54 Å². The highest BCUT2D eigenvalue weighted by atomic mass is 79.9. The van der Waals surface area contributed by atoms with Gasteiger partial charge in [-0.3, -0.25) is 14.9 Å². The fourth-order valence-electron chi connectivity index (χ4n) is 3.02. The summed E-state index contributed by atoms with van der Waals surface area (Å²) in [5.41, 5.74) is 2.22. The second-order valence-electron chi connectivity index (χ2n) is 6.41. The van der Waals surface area contributed by atoms with Crippen molar-refractivity contribution < 1.29 is 31.3 Å². The first-order valence-electron chi connectivity index (χ1n) is 8.72. The summed E-state index contributed by atoms with van der Waals surface area (Å²) in [5, 5.41) is 13.0. The van der Waals surface area contributed by atoms with E-state index in [0.717, 1.165) is 16.6 Å². The highest BCUT2D eigenvalue weighted by Crippen LogP contribution is 2.22. The lowest BCUT2D eigenvalue weighted by atomic mass is 10.1. The van der Waals surface area contributed by atoms with Crippen LogP contribution in [0.15, 0.2) is 85.3 Å². The van der Waals surface area contributed by atoms with Crippen molar-refractivity contribution in [3.8, 4) is 11.3 Å². The number of carbonyl (C=O) groups excluding carboxylic acids is 1. The second kappa shape index (κ2) is 8.70. The molecule has 3 aromatic carbocycles. The number of carbonyl (C=O) groups is 1. The van der Waals surface area contributed by atoms with Crippen molar-refractivity contribution in [2.75, 3.05) is 0 Å². The Balaban J connectivity index is 0.00000240. The van der Waals surface area contributed by atoms with Crippen LogP contribution in [0.5, 0.6) is 0 Å². The third-order valence-electron chi connectivity index (χ3n) is 4.54. The highest BCUT2D eigenvalue weighted by Gasteiger charge is 2.13.